The molecule has 0 spiro atoms. The van der Waals surface area contributed by atoms with Gasteiger partial charge in [-0.2, -0.15) is 13.2 Å². The van der Waals surface area contributed by atoms with Gasteiger partial charge in [-0.05, 0) is 25.6 Å². The maximum absolute atomic E-state index is 12.9. The largest absolute Gasteiger partial charge is 0.479 e. The molecule has 0 saturated carbocycles. The third kappa shape index (κ3) is 3.19. The van der Waals surface area contributed by atoms with Gasteiger partial charge in [0.25, 0.3) is 0 Å². The highest BCUT2D eigenvalue weighted by atomic mass is 19.4. The first-order valence-corrected chi connectivity index (χ1v) is 6.21. The van der Waals surface area contributed by atoms with Gasteiger partial charge in [-0.1, -0.05) is 18.2 Å². The predicted molar refractivity (Wildman–Crippen MR) is 70.6 cm³/mol. The average molecular weight is 284 g/mol. The van der Waals surface area contributed by atoms with E-state index >= 15 is 0 Å². The highest BCUT2D eigenvalue weighted by Crippen LogP contribution is 2.30. The maximum atomic E-state index is 12.9. The number of ether oxygens (including phenoxy) is 1. The van der Waals surface area contributed by atoms with Crippen LogP contribution in [0.3, 0.4) is 0 Å². The lowest BCUT2D eigenvalue weighted by Crippen LogP contribution is -2.36. The van der Waals surface area contributed by atoms with E-state index in [-0.39, 0.29) is 18.7 Å². The van der Waals surface area contributed by atoms with E-state index in [1.807, 2.05) is 0 Å². The van der Waals surface area contributed by atoms with Crippen LogP contribution in [0.5, 0.6) is 5.75 Å². The Hall–Kier alpha value is -1.82. The molecule has 1 heterocycles. The highest BCUT2D eigenvalue weighted by molar-refractivity contribution is 5.84. The molecule has 0 amide bonds. The van der Waals surface area contributed by atoms with Crippen LogP contribution in [-0.4, -0.2) is 23.8 Å². The summed E-state index contributed by atoms with van der Waals surface area (Å²) in [5.41, 5.74) is 6.37. The minimum atomic E-state index is -4.45. The molecule has 0 aliphatic heterocycles. The Morgan fingerprint density at radius 2 is 2.00 bits per heavy atom. The highest BCUT2D eigenvalue weighted by Gasteiger charge is 2.41. The molecule has 0 aliphatic rings. The van der Waals surface area contributed by atoms with Crippen molar-refractivity contribution in [1.29, 1.82) is 0 Å². The molecule has 1 aromatic heterocycles. The molecule has 6 heteroatoms. The molecular formula is C14H15F3N2O. The molecule has 20 heavy (non-hydrogen) atoms. The lowest BCUT2D eigenvalue weighted by atomic mass is 10.2. The van der Waals surface area contributed by atoms with Crippen LogP contribution in [-0.2, 0) is 0 Å². The minimum Gasteiger partial charge on any atom is -0.479 e. The Balaban J connectivity index is 2.39. The van der Waals surface area contributed by atoms with Crippen molar-refractivity contribution in [3.63, 3.8) is 0 Å². The first-order chi connectivity index (χ1) is 9.41. The molecule has 1 atom stereocenters. The maximum Gasteiger partial charge on any atom is 0.425 e. The molecule has 108 valence electrons. The molecule has 0 radical (unpaired) electrons. The number of para-hydroxylation sites is 1. The average Bonchev–Trinajstić information content (AvgIpc) is 2.37. The lowest BCUT2D eigenvalue weighted by Gasteiger charge is -2.21. The van der Waals surface area contributed by atoms with Gasteiger partial charge in [-0.25, -0.2) is 4.98 Å². The summed E-state index contributed by atoms with van der Waals surface area (Å²) >= 11 is 0. The van der Waals surface area contributed by atoms with Crippen molar-refractivity contribution in [3.05, 3.63) is 36.0 Å². The number of nitrogens with two attached hydrogens (primary N) is 1. The third-order valence-electron chi connectivity index (χ3n) is 2.89. The number of halogens is 3. The SMILES string of the molecule is Cc1ccc2cccc(OC(CCN)C(F)(F)F)c2n1. The smallest absolute Gasteiger partial charge is 0.425 e. The molecule has 3 nitrogen and oxygen atoms in total. The quantitative estimate of drug-likeness (QED) is 0.938. The summed E-state index contributed by atoms with van der Waals surface area (Å²) in [6, 6.07) is 8.51. The van der Waals surface area contributed by atoms with Crippen molar-refractivity contribution in [2.24, 2.45) is 5.73 Å². The van der Waals surface area contributed by atoms with E-state index in [0.717, 1.165) is 11.1 Å². The van der Waals surface area contributed by atoms with Crippen molar-refractivity contribution < 1.29 is 17.9 Å². The number of fused-ring (bicyclic) bond motifs is 1. The fourth-order valence-electron chi connectivity index (χ4n) is 1.91. The number of hydrogen-bond acceptors (Lipinski definition) is 3. The second kappa shape index (κ2) is 5.66. The molecule has 2 aromatic rings. The predicted octanol–water partition coefficient (Wildman–Crippen LogP) is 3.20. The second-order valence-electron chi connectivity index (χ2n) is 4.51. The van der Waals surface area contributed by atoms with Gasteiger partial charge >= 0.3 is 6.18 Å². The van der Waals surface area contributed by atoms with Crippen LogP contribution in [0.2, 0.25) is 0 Å². The Morgan fingerprint density at radius 1 is 1.25 bits per heavy atom. The van der Waals surface area contributed by atoms with E-state index in [2.05, 4.69) is 4.98 Å². The molecule has 0 bridgehead atoms. The van der Waals surface area contributed by atoms with Gasteiger partial charge in [0.1, 0.15) is 11.3 Å². The van der Waals surface area contributed by atoms with Crippen LogP contribution in [0, 0.1) is 6.92 Å². The van der Waals surface area contributed by atoms with Gasteiger partial charge in [0.2, 0.25) is 0 Å². The van der Waals surface area contributed by atoms with Gasteiger partial charge < -0.3 is 10.5 Å². The summed E-state index contributed by atoms with van der Waals surface area (Å²) in [6.07, 6.45) is -6.66. The zero-order valence-electron chi connectivity index (χ0n) is 10.9. The van der Waals surface area contributed by atoms with Crippen LogP contribution in [0.25, 0.3) is 10.9 Å². The van der Waals surface area contributed by atoms with Crippen LogP contribution in [0.4, 0.5) is 13.2 Å². The molecule has 2 N–H and O–H groups in total. The molecule has 1 unspecified atom stereocenters. The summed E-state index contributed by atoms with van der Waals surface area (Å²) in [6.45, 7) is 1.68. The minimum absolute atomic E-state index is 0.0958. The van der Waals surface area contributed by atoms with E-state index in [9.17, 15) is 13.2 Å². The molecule has 0 saturated heterocycles. The Bertz CT molecular complexity index is 598. The van der Waals surface area contributed by atoms with Crippen LogP contribution >= 0.6 is 0 Å². The topological polar surface area (TPSA) is 48.1 Å². The van der Waals surface area contributed by atoms with E-state index < -0.39 is 12.3 Å². The van der Waals surface area contributed by atoms with Crippen molar-refractivity contribution in [1.82, 2.24) is 4.98 Å². The number of pyridine rings is 1. The van der Waals surface area contributed by atoms with Crippen LogP contribution < -0.4 is 10.5 Å². The third-order valence-corrected chi connectivity index (χ3v) is 2.89. The van der Waals surface area contributed by atoms with Crippen molar-refractivity contribution in [3.8, 4) is 5.75 Å². The lowest BCUT2D eigenvalue weighted by molar-refractivity contribution is -0.195. The number of hydrogen-bond donors (Lipinski definition) is 1. The first-order valence-electron chi connectivity index (χ1n) is 6.21. The Morgan fingerprint density at radius 3 is 2.65 bits per heavy atom. The van der Waals surface area contributed by atoms with Crippen molar-refractivity contribution in [2.45, 2.75) is 25.6 Å². The van der Waals surface area contributed by atoms with Gasteiger partial charge in [0.15, 0.2) is 6.10 Å². The van der Waals surface area contributed by atoms with Gasteiger partial charge in [-0.15, -0.1) is 0 Å². The number of rotatable bonds is 4. The number of nitrogens with zero attached hydrogens (tertiary/aromatic N) is 1. The summed E-state index contributed by atoms with van der Waals surface area (Å²) in [4.78, 5) is 4.25. The fourth-order valence-corrected chi connectivity index (χ4v) is 1.91. The van der Waals surface area contributed by atoms with E-state index in [4.69, 9.17) is 10.5 Å². The fraction of sp³-hybridized carbons (Fsp3) is 0.357. The summed E-state index contributed by atoms with van der Waals surface area (Å²) in [7, 11) is 0. The zero-order valence-corrected chi connectivity index (χ0v) is 10.9. The second-order valence-corrected chi connectivity index (χ2v) is 4.51. The number of benzene rings is 1. The van der Waals surface area contributed by atoms with Gasteiger partial charge in [0, 0.05) is 17.5 Å². The normalized spacial score (nSPS) is 13.4. The first kappa shape index (κ1) is 14.6. The van der Waals surface area contributed by atoms with E-state index in [1.165, 1.54) is 6.07 Å². The van der Waals surface area contributed by atoms with E-state index in [0.29, 0.717) is 5.52 Å². The summed E-state index contributed by atoms with van der Waals surface area (Å²) in [5.74, 6) is 0.127. The summed E-state index contributed by atoms with van der Waals surface area (Å²) in [5, 5.41) is 0.738. The molecule has 0 fully saturated rings. The summed E-state index contributed by atoms with van der Waals surface area (Å²) < 4.78 is 43.7. The standard InChI is InChI=1S/C14H15F3N2O/c1-9-5-6-10-3-2-4-11(13(10)19-9)20-12(7-8-18)14(15,16)17/h2-6,12H,7-8,18H2,1H3. The van der Waals surface area contributed by atoms with Crippen LogP contribution in [0.15, 0.2) is 30.3 Å². The van der Waals surface area contributed by atoms with Crippen molar-refractivity contribution >= 4 is 10.9 Å². The van der Waals surface area contributed by atoms with Gasteiger partial charge in [0.05, 0.1) is 0 Å². The van der Waals surface area contributed by atoms with Crippen molar-refractivity contribution in [2.75, 3.05) is 6.54 Å². The van der Waals surface area contributed by atoms with Gasteiger partial charge in [-0.3, -0.25) is 0 Å². The number of alkyl halides is 3. The number of aromatic nitrogens is 1. The molecule has 1 aromatic carbocycles. The molecule has 0 aliphatic carbocycles. The Labute approximate surface area is 114 Å². The molecule has 2 rings (SSSR count). The zero-order chi connectivity index (χ0) is 14.8. The van der Waals surface area contributed by atoms with Crippen LogP contribution in [0.1, 0.15) is 12.1 Å². The molecular weight excluding hydrogens is 269 g/mol. The van der Waals surface area contributed by atoms with E-state index in [1.54, 1.807) is 31.2 Å². The monoisotopic (exact) mass is 284 g/mol. The Kier molecular flexibility index (Phi) is 4.13. The number of aryl methyl sites for hydroxylation is 1.